The normalized spacial score (nSPS) is 23.5. The molecule has 0 aliphatic carbocycles. The Morgan fingerprint density at radius 3 is 2.82 bits per heavy atom. The Morgan fingerprint density at radius 1 is 1.32 bits per heavy atom. The molecule has 1 aliphatic heterocycles. The number of amides is 1. The molecule has 2 unspecified atom stereocenters. The molecule has 2 atom stereocenters. The van der Waals surface area contributed by atoms with E-state index in [9.17, 15) is 9.59 Å². The molecule has 22 heavy (non-hydrogen) atoms. The maximum Gasteiger partial charge on any atom is 0.338 e. The Bertz CT molecular complexity index is 766. The summed E-state index contributed by atoms with van der Waals surface area (Å²) in [5, 5.41) is 0. The predicted octanol–water partition coefficient (Wildman–Crippen LogP) is 2.21. The Morgan fingerprint density at radius 2 is 2.14 bits per heavy atom. The van der Waals surface area contributed by atoms with Crippen molar-refractivity contribution < 1.29 is 18.4 Å². The highest BCUT2D eigenvalue weighted by atomic mass is 16.5. The van der Waals surface area contributed by atoms with E-state index in [0.717, 1.165) is 4.90 Å². The molecule has 0 N–H and O–H groups in total. The van der Waals surface area contributed by atoms with Crippen molar-refractivity contribution in [3.05, 3.63) is 66.0 Å². The summed E-state index contributed by atoms with van der Waals surface area (Å²) in [6.45, 7) is -2.63. The number of ether oxygens (including phenoxy) is 1. The summed E-state index contributed by atoms with van der Waals surface area (Å²) in [4.78, 5) is 29.5. The summed E-state index contributed by atoms with van der Waals surface area (Å²) in [7, 11) is 0. The minimum absolute atomic E-state index is 0.0709. The fraction of sp³-hybridized carbons (Fsp3) is 0.235. The third-order valence-corrected chi connectivity index (χ3v) is 3.59. The second-order valence-electron chi connectivity index (χ2n) is 5.01. The Kier molecular flexibility index (Phi) is 2.97. The molecule has 5 nitrogen and oxygen atoms in total. The number of carbonyl (C=O) groups is 2. The molecular formula is C17H16N2O3. The van der Waals surface area contributed by atoms with Crippen LogP contribution >= 0.6 is 0 Å². The second-order valence-corrected chi connectivity index (χ2v) is 5.01. The lowest BCUT2D eigenvalue weighted by atomic mass is 10.1. The van der Waals surface area contributed by atoms with E-state index in [4.69, 9.17) is 8.85 Å². The first-order chi connectivity index (χ1) is 11.9. The molecule has 1 amide bonds. The molecule has 2 heterocycles. The summed E-state index contributed by atoms with van der Waals surface area (Å²) < 4.78 is 28.2. The van der Waals surface area contributed by atoms with Crippen molar-refractivity contribution in [1.82, 2.24) is 9.88 Å². The Balaban J connectivity index is 1.85. The first kappa shape index (κ1) is 11.0. The number of pyridine rings is 1. The van der Waals surface area contributed by atoms with Gasteiger partial charge in [-0.1, -0.05) is 24.3 Å². The highest BCUT2D eigenvalue weighted by molar-refractivity contribution is 5.93. The van der Waals surface area contributed by atoms with Crippen molar-refractivity contribution in [3.63, 3.8) is 0 Å². The van der Waals surface area contributed by atoms with Gasteiger partial charge < -0.3 is 9.64 Å². The van der Waals surface area contributed by atoms with Crippen LogP contribution in [0.5, 0.6) is 0 Å². The fourth-order valence-electron chi connectivity index (χ4n) is 2.45. The van der Waals surface area contributed by atoms with Gasteiger partial charge in [0.15, 0.2) is 6.10 Å². The molecule has 5 heteroatoms. The number of rotatable bonds is 3. The fourth-order valence-corrected chi connectivity index (χ4v) is 2.45. The van der Waals surface area contributed by atoms with Crippen LogP contribution in [0.2, 0.25) is 0 Å². The third kappa shape index (κ3) is 2.70. The quantitative estimate of drug-likeness (QED) is 0.815. The number of benzene rings is 1. The molecule has 2 aromatic rings. The van der Waals surface area contributed by atoms with E-state index in [1.807, 2.05) is 0 Å². The number of carbonyl (C=O) groups excluding carboxylic acids is 2. The lowest BCUT2D eigenvalue weighted by molar-refractivity contribution is -0.134. The number of nitrogens with zero attached hydrogens (tertiary/aromatic N) is 2. The van der Waals surface area contributed by atoms with Gasteiger partial charge in [-0.15, -0.1) is 0 Å². The maximum absolute atomic E-state index is 12.6. The highest BCUT2D eigenvalue weighted by Gasteiger charge is 2.40. The van der Waals surface area contributed by atoms with Crippen LogP contribution in [0.4, 0.5) is 0 Å². The van der Waals surface area contributed by atoms with Gasteiger partial charge in [-0.3, -0.25) is 9.78 Å². The van der Waals surface area contributed by atoms with Gasteiger partial charge in [-0.05, 0) is 23.8 Å². The van der Waals surface area contributed by atoms with Crippen LogP contribution < -0.4 is 0 Å². The number of hydrogen-bond acceptors (Lipinski definition) is 4. The number of hydrogen-bond donors (Lipinski definition) is 0. The van der Waals surface area contributed by atoms with E-state index in [1.54, 1.807) is 48.7 Å². The first-order valence-corrected chi connectivity index (χ1v) is 6.87. The topological polar surface area (TPSA) is 59.5 Å². The zero-order valence-corrected chi connectivity index (χ0v) is 11.7. The van der Waals surface area contributed by atoms with Crippen LogP contribution in [0.3, 0.4) is 0 Å². The molecule has 0 radical (unpaired) electrons. The van der Waals surface area contributed by atoms with E-state index in [-0.39, 0.29) is 6.42 Å². The van der Waals surface area contributed by atoms with E-state index < -0.39 is 31.0 Å². The average molecular weight is 299 g/mol. The Labute approximate surface area is 132 Å². The zero-order chi connectivity index (χ0) is 18.0. The molecule has 1 aliphatic rings. The number of likely N-dealkylation sites (tertiary alicyclic amines) is 1. The molecule has 1 saturated heterocycles. The van der Waals surface area contributed by atoms with E-state index >= 15 is 0 Å². The van der Waals surface area contributed by atoms with Crippen molar-refractivity contribution in [2.75, 3.05) is 6.98 Å². The predicted molar refractivity (Wildman–Crippen MR) is 80.0 cm³/mol. The first-order valence-electron chi connectivity index (χ1n) is 8.37. The lowest BCUT2D eigenvalue weighted by Crippen LogP contribution is -2.30. The van der Waals surface area contributed by atoms with Gasteiger partial charge in [0.1, 0.15) is 0 Å². The lowest BCUT2D eigenvalue weighted by Gasteiger charge is -2.18. The molecule has 3 rings (SSSR count). The van der Waals surface area contributed by atoms with E-state index in [2.05, 4.69) is 4.98 Å². The molecule has 0 saturated carbocycles. The second kappa shape index (κ2) is 5.97. The molecule has 0 bridgehead atoms. The maximum atomic E-state index is 12.6. The summed E-state index contributed by atoms with van der Waals surface area (Å²) in [6, 6.07) is 10.9. The van der Waals surface area contributed by atoms with Gasteiger partial charge in [0.25, 0.3) is 5.91 Å². The minimum Gasteiger partial charge on any atom is -0.449 e. The number of likely N-dealkylation sites (N-methyl/N-ethyl adjacent to an activating group) is 1. The van der Waals surface area contributed by atoms with Gasteiger partial charge in [0.2, 0.25) is 0 Å². The summed E-state index contributed by atoms with van der Waals surface area (Å²) in [5.41, 5.74) is 0.894. The third-order valence-electron chi connectivity index (χ3n) is 3.59. The van der Waals surface area contributed by atoms with Crippen molar-refractivity contribution >= 4 is 11.9 Å². The van der Waals surface area contributed by atoms with Gasteiger partial charge in [0.05, 0.1) is 11.6 Å². The number of esters is 1. The molecule has 1 fully saturated rings. The highest BCUT2D eigenvalue weighted by Crippen LogP contribution is 2.32. The Hall–Kier alpha value is -2.69. The van der Waals surface area contributed by atoms with Gasteiger partial charge in [-0.25, -0.2) is 4.79 Å². The van der Waals surface area contributed by atoms with Crippen LogP contribution in [0.15, 0.2) is 54.9 Å². The summed E-state index contributed by atoms with van der Waals surface area (Å²) in [5.74, 6) is -1.38. The summed E-state index contributed by atoms with van der Waals surface area (Å²) >= 11 is 0. The van der Waals surface area contributed by atoms with Gasteiger partial charge in [0, 0.05) is 29.9 Å². The van der Waals surface area contributed by atoms with Gasteiger partial charge >= 0.3 is 5.97 Å². The molecule has 1 aromatic heterocycles. The van der Waals surface area contributed by atoms with Crippen LogP contribution in [0.1, 0.15) is 32.5 Å². The summed E-state index contributed by atoms with van der Waals surface area (Å²) in [6.07, 6.45) is 2.00. The van der Waals surface area contributed by atoms with Crippen molar-refractivity contribution in [2.45, 2.75) is 18.6 Å². The molecule has 0 spiro atoms. The largest absolute Gasteiger partial charge is 0.449 e. The van der Waals surface area contributed by atoms with Crippen molar-refractivity contribution in [3.8, 4) is 0 Å². The average Bonchev–Trinajstić information content (AvgIpc) is 2.93. The van der Waals surface area contributed by atoms with E-state index in [0.29, 0.717) is 11.1 Å². The van der Waals surface area contributed by atoms with Gasteiger partial charge in [-0.2, -0.15) is 0 Å². The SMILES string of the molecule is [2H]C([2H])([2H])N1C(=O)C(OC(=O)c2ccccc2)CC1c1cccnc1. The van der Waals surface area contributed by atoms with Crippen LogP contribution in [0, 0.1) is 0 Å². The van der Waals surface area contributed by atoms with Crippen LogP contribution in [-0.2, 0) is 9.53 Å². The standard InChI is InChI=1S/C17H16N2O3/c1-19-14(13-8-5-9-18-11-13)10-15(16(19)20)22-17(21)12-6-3-2-4-7-12/h2-9,11,14-15H,10H2,1H3/i1D3. The van der Waals surface area contributed by atoms with Crippen molar-refractivity contribution in [1.29, 1.82) is 0 Å². The minimum atomic E-state index is -2.63. The van der Waals surface area contributed by atoms with Crippen molar-refractivity contribution in [2.24, 2.45) is 0 Å². The monoisotopic (exact) mass is 299 g/mol. The smallest absolute Gasteiger partial charge is 0.338 e. The van der Waals surface area contributed by atoms with E-state index in [1.165, 1.54) is 6.20 Å². The molecule has 1 aromatic carbocycles. The van der Waals surface area contributed by atoms with Crippen LogP contribution in [-0.4, -0.2) is 34.8 Å². The van der Waals surface area contributed by atoms with Crippen LogP contribution in [0.25, 0.3) is 0 Å². The molecular weight excluding hydrogens is 280 g/mol. The molecule has 112 valence electrons. The number of aromatic nitrogens is 1. The zero-order valence-electron chi connectivity index (χ0n) is 14.7.